The lowest BCUT2D eigenvalue weighted by atomic mass is 10.2. The van der Waals surface area contributed by atoms with Crippen molar-refractivity contribution in [1.29, 1.82) is 0 Å². The molecule has 0 aliphatic carbocycles. The second-order valence-electron chi connectivity index (χ2n) is 6.70. The molecule has 2 amide bonds. The summed E-state index contributed by atoms with van der Waals surface area (Å²) in [5.41, 5.74) is 0.760. The van der Waals surface area contributed by atoms with Gasteiger partial charge in [-0.15, -0.1) is 6.42 Å². The molecule has 0 radical (unpaired) electrons. The number of ether oxygens (including phenoxy) is 1. The molecule has 1 aliphatic rings. The van der Waals surface area contributed by atoms with Gasteiger partial charge in [0, 0.05) is 17.3 Å². The normalized spacial score (nSPS) is 16.3. The first-order chi connectivity index (χ1) is 14.6. The maximum absolute atomic E-state index is 12.9. The third-order valence-electron chi connectivity index (χ3n) is 4.64. The van der Waals surface area contributed by atoms with Crippen molar-refractivity contribution in [2.75, 3.05) is 18.0 Å². The molecule has 3 heterocycles. The Morgan fingerprint density at radius 3 is 3.00 bits per heavy atom. The fourth-order valence-electron chi connectivity index (χ4n) is 3.24. The van der Waals surface area contributed by atoms with Gasteiger partial charge in [-0.2, -0.15) is 0 Å². The zero-order valence-corrected chi connectivity index (χ0v) is 18.3. The van der Waals surface area contributed by atoms with Crippen LogP contribution in [0.3, 0.4) is 0 Å². The second kappa shape index (κ2) is 8.90. The molecular formula is C21H18BrN3O4S. The molecule has 0 N–H and O–H groups in total. The average molecular weight is 488 g/mol. The molecule has 1 atom stereocenters. The maximum Gasteiger partial charge on any atom is 0.330 e. The van der Waals surface area contributed by atoms with Crippen molar-refractivity contribution in [3.05, 3.63) is 46.8 Å². The first kappa shape index (κ1) is 20.4. The molecule has 7 nitrogen and oxygen atoms in total. The number of fused-ring (bicyclic) bond motifs is 1. The summed E-state index contributed by atoms with van der Waals surface area (Å²) >= 11 is 4.86. The van der Waals surface area contributed by atoms with Crippen LogP contribution in [-0.2, 0) is 16.0 Å². The molecule has 30 heavy (non-hydrogen) atoms. The van der Waals surface area contributed by atoms with Crippen LogP contribution < -0.4 is 4.90 Å². The highest BCUT2D eigenvalue weighted by Gasteiger charge is 2.42. The lowest BCUT2D eigenvalue weighted by Crippen LogP contribution is -2.37. The summed E-state index contributed by atoms with van der Waals surface area (Å²) in [6.07, 6.45) is 7.68. The van der Waals surface area contributed by atoms with Crippen LogP contribution >= 0.6 is 27.3 Å². The zero-order valence-electron chi connectivity index (χ0n) is 15.9. The molecule has 9 heteroatoms. The van der Waals surface area contributed by atoms with Crippen molar-refractivity contribution < 1.29 is 18.7 Å². The lowest BCUT2D eigenvalue weighted by molar-refractivity contribution is -0.148. The number of esters is 1. The van der Waals surface area contributed by atoms with Gasteiger partial charge in [0.2, 0.25) is 6.23 Å². The molecule has 154 valence electrons. The van der Waals surface area contributed by atoms with Crippen molar-refractivity contribution in [2.24, 2.45) is 0 Å². The second-order valence-corrected chi connectivity index (χ2v) is 8.53. The van der Waals surface area contributed by atoms with E-state index >= 15 is 0 Å². The van der Waals surface area contributed by atoms with E-state index < -0.39 is 6.23 Å². The van der Waals surface area contributed by atoms with Gasteiger partial charge < -0.3 is 14.1 Å². The van der Waals surface area contributed by atoms with Gasteiger partial charge in [-0.05, 0) is 46.6 Å². The summed E-state index contributed by atoms with van der Waals surface area (Å²) in [5.74, 6) is 2.91. The maximum atomic E-state index is 12.9. The van der Waals surface area contributed by atoms with Gasteiger partial charge in [-0.25, -0.2) is 14.7 Å². The van der Waals surface area contributed by atoms with E-state index in [1.165, 1.54) is 21.1 Å². The predicted octanol–water partition coefficient (Wildman–Crippen LogP) is 4.42. The van der Waals surface area contributed by atoms with Gasteiger partial charge >= 0.3 is 12.0 Å². The summed E-state index contributed by atoms with van der Waals surface area (Å²) in [6, 6.07) is 9.02. The Morgan fingerprint density at radius 2 is 2.27 bits per heavy atom. The van der Waals surface area contributed by atoms with E-state index in [1.807, 2.05) is 30.3 Å². The van der Waals surface area contributed by atoms with Crippen molar-refractivity contribution >= 4 is 54.6 Å². The number of hydrogen-bond donors (Lipinski definition) is 0. The van der Waals surface area contributed by atoms with Crippen LogP contribution in [0.5, 0.6) is 0 Å². The summed E-state index contributed by atoms with van der Waals surface area (Å²) in [5, 5.41) is 0.467. The number of halogens is 1. The number of thiazole rings is 1. The van der Waals surface area contributed by atoms with Gasteiger partial charge in [0.25, 0.3) is 0 Å². The molecule has 0 saturated carbocycles. The summed E-state index contributed by atoms with van der Waals surface area (Å²) in [4.78, 5) is 32.8. The Bertz CT molecular complexity index is 1110. The molecule has 1 unspecified atom stereocenters. The minimum absolute atomic E-state index is 0.135. The average Bonchev–Trinajstić information content (AvgIpc) is 3.43. The minimum Gasteiger partial charge on any atom is -0.469 e. The topological polar surface area (TPSA) is 75.9 Å². The molecule has 0 bridgehead atoms. The van der Waals surface area contributed by atoms with E-state index in [4.69, 9.17) is 15.6 Å². The predicted molar refractivity (Wildman–Crippen MR) is 117 cm³/mol. The smallest absolute Gasteiger partial charge is 0.330 e. The van der Waals surface area contributed by atoms with Crippen molar-refractivity contribution in [2.45, 2.75) is 25.5 Å². The van der Waals surface area contributed by atoms with Crippen LogP contribution in [0.2, 0.25) is 0 Å². The van der Waals surface area contributed by atoms with Crippen LogP contribution in [0.25, 0.3) is 10.2 Å². The number of aromatic nitrogens is 1. The number of urea groups is 1. The van der Waals surface area contributed by atoms with E-state index in [1.54, 1.807) is 6.26 Å². The number of rotatable bonds is 7. The van der Waals surface area contributed by atoms with Gasteiger partial charge in [0.05, 0.1) is 29.6 Å². The van der Waals surface area contributed by atoms with Gasteiger partial charge in [-0.1, -0.05) is 23.3 Å². The van der Waals surface area contributed by atoms with Crippen LogP contribution in [-0.4, -0.2) is 41.2 Å². The van der Waals surface area contributed by atoms with Crippen LogP contribution in [0.1, 0.15) is 18.6 Å². The first-order valence-electron chi connectivity index (χ1n) is 9.35. The number of hydrogen-bond acceptors (Lipinski definition) is 6. The largest absolute Gasteiger partial charge is 0.469 e. The van der Waals surface area contributed by atoms with E-state index in [2.05, 4.69) is 26.8 Å². The molecule has 1 aromatic carbocycles. The van der Waals surface area contributed by atoms with Gasteiger partial charge in [0.1, 0.15) is 5.76 Å². The summed E-state index contributed by atoms with van der Waals surface area (Å²) < 4.78 is 12.7. The number of benzene rings is 1. The Hall–Kier alpha value is -2.83. The molecule has 0 spiro atoms. The fraction of sp³-hybridized carbons (Fsp3) is 0.286. The highest BCUT2D eigenvalue weighted by atomic mass is 79.9. The zero-order chi connectivity index (χ0) is 21.1. The fourth-order valence-corrected chi connectivity index (χ4v) is 4.84. The van der Waals surface area contributed by atoms with Crippen molar-refractivity contribution in [1.82, 2.24) is 9.88 Å². The molecule has 1 aliphatic heterocycles. The minimum atomic E-state index is -0.777. The number of amides is 2. The van der Waals surface area contributed by atoms with E-state index in [0.29, 0.717) is 18.0 Å². The number of carbonyl (C=O) groups is 2. The standard InChI is InChI=1S/C21H18BrN3O4S/c1-2-11-24-13-17(29-18(26)10-3-6-14-7-5-12-28-14)25(21(24)27)20-23-16-9-4-8-15(22)19(16)30-20/h1,4-5,7-9,12,17H,3,6,10-11,13H2. The number of carbonyl (C=O) groups excluding carboxylic acids is 2. The Balaban J connectivity index is 1.50. The molecule has 3 aromatic rings. The number of furan rings is 1. The van der Waals surface area contributed by atoms with E-state index in [-0.39, 0.29) is 31.5 Å². The Labute approximate surface area is 185 Å². The third kappa shape index (κ3) is 4.20. The molecule has 1 saturated heterocycles. The third-order valence-corrected chi connectivity index (χ3v) is 6.66. The van der Waals surface area contributed by atoms with Crippen molar-refractivity contribution in [3.63, 3.8) is 0 Å². The summed E-state index contributed by atoms with van der Waals surface area (Å²) in [7, 11) is 0. The van der Waals surface area contributed by atoms with Crippen LogP contribution in [0, 0.1) is 12.3 Å². The molecule has 4 rings (SSSR count). The SMILES string of the molecule is C#CCN1CC(OC(=O)CCCc2ccco2)N(c2nc3cccc(Br)c3s2)C1=O. The monoisotopic (exact) mass is 487 g/mol. The molecule has 1 fully saturated rings. The van der Waals surface area contributed by atoms with Gasteiger partial charge in [0.15, 0.2) is 5.13 Å². The van der Waals surface area contributed by atoms with Crippen LogP contribution in [0.4, 0.5) is 9.93 Å². The lowest BCUT2D eigenvalue weighted by Gasteiger charge is -2.20. The highest BCUT2D eigenvalue weighted by Crippen LogP contribution is 2.36. The number of nitrogens with zero attached hydrogens (tertiary/aromatic N) is 3. The van der Waals surface area contributed by atoms with Crippen LogP contribution in [0.15, 0.2) is 45.5 Å². The highest BCUT2D eigenvalue weighted by molar-refractivity contribution is 9.10. The first-order valence-corrected chi connectivity index (χ1v) is 11.0. The quantitative estimate of drug-likeness (QED) is 0.364. The summed E-state index contributed by atoms with van der Waals surface area (Å²) in [6.45, 7) is 0.334. The molecular weight excluding hydrogens is 470 g/mol. The number of terminal acetylenes is 1. The number of aryl methyl sites for hydroxylation is 1. The van der Waals surface area contributed by atoms with Crippen molar-refractivity contribution in [3.8, 4) is 12.3 Å². The van der Waals surface area contributed by atoms with E-state index in [9.17, 15) is 9.59 Å². The van der Waals surface area contributed by atoms with E-state index in [0.717, 1.165) is 20.4 Å². The molecule has 2 aromatic heterocycles. The Morgan fingerprint density at radius 1 is 1.40 bits per heavy atom. The Kier molecular flexibility index (Phi) is 6.06. The number of anilines is 1. The van der Waals surface area contributed by atoms with Gasteiger partial charge in [-0.3, -0.25) is 4.79 Å².